The van der Waals surface area contributed by atoms with E-state index in [0.29, 0.717) is 5.92 Å². The predicted octanol–water partition coefficient (Wildman–Crippen LogP) is 2.81. The molecule has 1 saturated heterocycles. The highest BCUT2D eigenvalue weighted by Gasteiger charge is 2.43. The summed E-state index contributed by atoms with van der Waals surface area (Å²) in [5.41, 5.74) is 1.48. The lowest BCUT2D eigenvalue weighted by Crippen LogP contribution is -2.42. The lowest BCUT2D eigenvalue weighted by atomic mass is 9.75. The maximum absolute atomic E-state index is 12.7. The van der Waals surface area contributed by atoms with Gasteiger partial charge in [-0.25, -0.2) is 0 Å². The van der Waals surface area contributed by atoms with Gasteiger partial charge >= 0.3 is 0 Å². The van der Waals surface area contributed by atoms with Crippen LogP contribution >= 0.6 is 0 Å². The monoisotopic (exact) mass is 283 g/mol. The molecule has 1 unspecified atom stereocenters. The molecular formula is C17H21N3O. The molecular weight excluding hydrogens is 262 g/mol. The van der Waals surface area contributed by atoms with E-state index in [1.54, 1.807) is 6.20 Å². The van der Waals surface area contributed by atoms with Crippen LogP contribution in [-0.4, -0.2) is 24.0 Å². The number of carbonyl (C=O) groups excluding carboxylic acids is 1. The summed E-state index contributed by atoms with van der Waals surface area (Å²) < 4.78 is 0. The zero-order valence-corrected chi connectivity index (χ0v) is 12.5. The SMILES string of the molecule is CC(C)C1(C(=O)Nc2ccc3ncccc3c2)CCNC1. The summed E-state index contributed by atoms with van der Waals surface area (Å²) in [5.74, 6) is 0.431. The van der Waals surface area contributed by atoms with Crippen LogP contribution in [0.5, 0.6) is 0 Å². The number of amides is 1. The number of hydrogen-bond acceptors (Lipinski definition) is 3. The molecule has 1 atom stereocenters. The van der Waals surface area contributed by atoms with Gasteiger partial charge in [-0.2, -0.15) is 0 Å². The third-order valence-corrected chi connectivity index (χ3v) is 4.61. The second-order valence-corrected chi connectivity index (χ2v) is 6.10. The van der Waals surface area contributed by atoms with E-state index < -0.39 is 0 Å². The molecule has 2 N–H and O–H groups in total. The van der Waals surface area contributed by atoms with Crippen LogP contribution in [0.3, 0.4) is 0 Å². The van der Waals surface area contributed by atoms with Crippen LogP contribution in [0.25, 0.3) is 10.9 Å². The fourth-order valence-corrected chi connectivity index (χ4v) is 3.07. The molecule has 2 heterocycles. The molecule has 4 heteroatoms. The first-order valence-electron chi connectivity index (χ1n) is 7.49. The van der Waals surface area contributed by atoms with E-state index in [9.17, 15) is 4.79 Å². The van der Waals surface area contributed by atoms with Gasteiger partial charge in [-0.15, -0.1) is 0 Å². The van der Waals surface area contributed by atoms with Gasteiger partial charge in [0.15, 0.2) is 0 Å². The third kappa shape index (κ3) is 2.51. The van der Waals surface area contributed by atoms with Crippen LogP contribution < -0.4 is 10.6 Å². The quantitative estimate of drug-likeness (QED) is 0.910. The van der Waals surface area contributed by atoms with Crippen LogP contribution in [-0.2, 0) is 4.79 Å². The summed E-state index contributed by atoms with van der Waals surface area (Å²) >= 11 is 0. The Balaban J connectivity index is 1.85. The lowest BCUT2D eigenvalue weighted by Gasteiger charge is -2.31. The van der Waals surface area contributed by atoms with E-state index in [4.69, 9.17) is 0 Å². The Morgan fingerprint density at radius 3 is 2.95 bits per heavy atom. The largest absolute Gasteiger partial charge is 0.326 e. The number of pyridine rings is 1. The second kappa shape index (κ2) is 5.45. The van der Waals surface area contributed by atoms with Gasteiger partial charge < -0.3 is 10.6 Å². The minimum Gasteiger partial charge on any atom is -0.326 e. The molecule has 1 aliphatic heterocycles. The number of aromatic nitrogens is 1. The predicted molar refractivity (Wildman–Crippen MR) is 85.1 cm³/mol. The molecule has 1 amide bonds. The minimum atomic E-state index is -0.302. The number of carbonyl (C=O) groups is 1. The van der Waals surface area contributed by atoms with Gasteiger partial charge in [0, 0.05) is 23.8 Å². The molecule has 1 fully saturated rings. The van der Waals surface area contributed by atoms with Crippen molar-refractivity contribution < 1.29 is 4.79 Å². The van der Waals surface area contributed by atoms with Gasteiger partial charge in [0.25, 0.3) is 0 Å². The first-order valence-corrected chi connectivity index (χ1v) is 7.49. The van der Waals surface area contributed by atoms with Crippen LogP contribution in [0.1, 0.15) is 20.3 Å². The Bertz CT molecular complexity index is 660. The van der Waals surface area contributed by atoms with Crippen molar-refractivity contribution in [2.75, 3.05) is 18.4 Å². The molecule has 110 valence electrons. The molecule has 0 bridgehead atoms. The van der Waals surface area contributed by atoms with Crippen molar-refractivity contribution in [1.82, 2.24) is 10.3 Å². The van der Waals surface area contributed by atoms with Gasteiger partial charge in [0.05, 0.1) is 10.9 Å². The molecule has 21 heavy (non-hydrogen) atoms. The van der Waals surface area contributed by atoms with Crippen molar-refractivity contribution in [2.45, 2.75) is 20.3 Å². The van der Waals surface area contributed by atoms with Gasteiger partial charge in [0.2, 0.25) is 5.91 Å². The average molecular weight is 283 g/mol. The maximum atomic E-state index is 12.7. The Labute approximate surface area is 125 Å². The molecule has 0 saturated carbocycles. The highest BCUT2D eigenvalue weighted by atomic mass is 16.2. The van der Waals surface area contributed by atoms with E-state index in [-0.39, 0.29) is 11.3 Å². The van der Waals surface area contributed by atoms with E-state index >= 15 is 0 Å². The molecule has 1 aromatic carbocycles. The zero-order chi connectivity index (χ0) is 14.9. The summed E-state index contributed by atoms with van der Waals surface area (Å²) in [6, 6.07) is 9.76. The summed E-state index contributed by atoms with van der Waals surface area (Å²) in [7, 11) is 0. The van der Waals surface area contributed by atoms with Crippen molar-refractivity contribution in [2.24, 2.45) is 11.3 Å². The van der Waals surface area contributed by atoms with Crippen LogP contribution in [0.4, 0.5) is 5.69 Å². The van der Waals surface area contributed by atoms with E-state index in [0.717, 1.165) is 36.1 Å². The highest BCUT2D eigenvalue weighted by molar-refractivity contribution is 5.97. The first-order chi connectivity index (χ1) is 10.1. The summed E-state index contributed by atoms with van der Waals surface area (Å²) in [6.07, 6.45) is 2.67. The van der Waals surface area contributed by atoms with E-state index in [1.807, 2.05) is 30.3 Å². The number of anilines is 1. The fraction of sp³-hybridized carbons (Fsp3) is 0.412. The number of hydrogen-bond donors (Lipinski definition) is 2. The molecule has 4 nitrogen and oxygen atoms in total. The van der Waals surface area contributed by atoms with Crippen LogP contribution in [0, 0.1) is 11.3 Å². The standard InChI is InChI=1S/C17H21N3O/c1-12(2)17(7-9-18-11-17)16(21)20-14-5-6-15-13(10-14)4-3-8-19-15/h3-6,8,10,12,18H,7,9,11H2,1-2H3,(H,20,21). The maximum Gasteiger partial charge on any atom is 0.232 e. The van der Waals surface area contributed by atoms with Gasteiger partial charge in [-0.3, -0.25) is 9.78 Å². The second-order valence-electron chi connectivity index (χ2n) is 6.10. The van der Waals surface area contributed by atoms with Gasteiger partial charge in [-0.05, 0) is 43.1 Å². The van der Waals surface area contributed by atoms with Gasteiger partial charge in [0.1, 0.15) is 0 Å². The number of fused-ring (bicyclic) bond motifs is 1. The molecule has 1 aliphatic rings. The number of benzene rings is 1. The molecule has 0 radical (unpaired) electrons. The van der Waals surface area contributed by atoms with Gasteiger partial charge in [-0.1, -0.05) is 19.9 Å². The first kappa shape index (κ1) is 14.0. The van der Waals surface area contributed by atoms with Crippen LogP contribution in [0.2, 0.25) is 0 Å². The number of nitrogens with one attached hydrogen (secondary N) is 2. The van der Waals surface area contributed by atoms with Crippen molar-refractivity contribution >= 4 is 22.5 Å². The average Bonchev–Trinajstić information content (AvgIpc) is 2.98. The van der Waals surface area contributed by atoms with Crippen molar-refractivity contribution in [1.29, 1.82) is 0 Å². The topological polar surface area (TPSA) is 54.0 Å². The molecule has 1 aromatic heterocycles. The number of nitrogens with zero attached hydrogens (tertiary/aromatic N) is 1. The summed E-state index contributed by atoms with van der Waals surface area (Å²) in [6.45, 7) is 5.91. The Hall–Kier alpha value is -1.94. The van der Waals surface area contributed by atoms with Crippen molar-refractivity contribution in [3.05, 3.63) is 36.5 Å². The lowest BCUT2D eigenvalue weighted by molar-refractivity contribution is -0.126. The summed E-state index contributed by atoms with van der Waals surface area (Å²) in [4.78, 5) is 17.0. The summed E-state index contributed by atoms with van der Waals surface area (Å²) in [5, 5.41) is 7.45. The number of rotatable bonds is 3. The molecule has 2 aromatic rings. The van der Waals surface area contributed by atoms with E-state index in [2.05, 4.69) is 29.5 Å². The molecule has 3 rings (SSSR count). The highest BCUT2D eigenvalue weighted by Crippen LogP contribution is 2.35. The Kier molecular flexibility index (Phi) is 3.64. The van der Waals surface area contributed by atoms with Crippen LogP contribution in [0.15, 0.2) is 36.5 Å². The Morgan fingerprint density at radius 1 is 1.38 bits per heavy atom. The fourth-order valence-electron chi connectivity index (χ4n) is 3.07. The van der Waals surface area contributed by atoms with Crippen molar-refractivity contribution in [3.8, 4) is 0 Å². The smallest absolute Gasteiger partial charge is 0.232 e. The van der Waals surface area contributed by atoms with E-state index in [1.165, 1.54) is 0 Å². The van der Waals surface area contributed by atoms with Crippen molar-refractivity contribution in [3.63, 3.8) is 0 Å². The zero-order valence-electron chi connectivity index (χ0n) is 12.5. The minimum absolute atomic E-state index is 0.116. The normalized spacial score (nSPS) is 21.9. The molecule has 0 spiro atoms. The third-order valence-electron chi connectivity index (χ3n) is 4.61. The Morgan fingerprint density at radius 2 is 2.24 bits per heavy atom. The molecule has 0 aliphatic carbocycles.